The first-order valence-electron chi connectivity index (χ1n) is 11.4. The van der Waals surface area contributed by atoms with Crippen LogP contribution in [0.1, 0.15) is 44.1 Å². The Balaban J connectivity index is 1.05. The number of piperazine rings is 1. The van der Waals surface area contributed by atoms with Gasteiger partial charge in [-0.2, -0.15) is 0 Å². The van der Waals surface area contributed by atoms with Gasteiger partial charge in [-0.25, -0.2) is 0 Å². The molecule has 0 spiro atoms. The van der Waals surface area contributed by atoms with Crippen LogP contribution in [0.3, 0.4) is 0 Å². The minimum Gasteiger partial charge on any atom is -0.354 e. The monoisotopic (exact) mass is 381 g/mol. The fraction of sp³-hybridized carbons (Fsp3) is 0.708. The molecule has 4 aliphatic carbocycles. The molecule has 4 heteroatoms. The van der Waals surface area contributed by atoms with Crippen molar-refractivity contribution in [3.8, 4) is 0 Å². The van der Waals surface area contributed by atoms with Crippen LogP contribution in [0.15, 0.2) is 30.3 Å². The first-order chi connectivity index (χ1) is 13.7. The number of nitrogens with one attached hydrogen (secondary N) is 1. The molecule has 0 aromatic heterocycles. The summed E-state index contributed by atoms with van der Waals surface area (Å²) in [5.74, 6) is 3.12. The van der Waals surface area contributed by atoms with Gasteiger partial charge < -0.3 is 5.32 Å². The molecule has 1 aromatic rings. The van der Waals surface area contributed by atoms with Crippen molar-refractivity contribution in [3.05, 3.63) is 35.9 Å². The molecule has 152 valence electrons. The first-order valence-corrected chi connectivity index (χ1v) is 11.4. The maximum atomic E-state index is 12.6. The molecule has 1 amide bonds. The molecule has 28 heavy (non-hydrogen) atoms. The molecule has 1 saturated heterocycles. The van der Waals surface area contributed by atoms with E-state index >= 15 is 0 Å². The van der Waals surface area contributed by atoms with Crippen molar-refractivity contribution >= 4 is 5.91 Å². The van der Waals surface area contributed by atoms with E-state index in [1.807, 2.05) is 0 Å². The van der Waals surface area contributed by atoms with Gasteiger partial charge in [0, 0.05) is 39.3 Å². The highest BCUT2D eigenvalue weighted by atomic mass is 16.2. The Labute approximate surface area is 169 Å². The Morgan fingerprint density at radius 2 is 1.46 bits per heavy atom. The number of hydrogen-bond acceptors (Lipinski definition) is 3. The van der Waals surface area contributed by atoms with Gasteiger partial charge >= 0.3 is 0 Å². The predicted octanol–water partition coefficient (Wildman–Crippen LogP) is 3.14. The minimum atomic E-state index is 0.243. The van der Waals surface area contributed by atoms with E-state index in [1.54, 1.807) is 0 Å². The molecule has 0 unspecified atom stereocenters. The Morgan fingerprint density at radius 3 is 2.07 bits per heavy atom. The number of benzene rings is 1. The van der Waals surface area contributed by atoms with Crippen molar-refractivity contribution < 1.29 is 4.79 Å². The van der Waals surface area contributed by atoms with Crippen molar-refractivity contribution in [2.24, 2.45) is 23.2 Å². The molecule has 0 radical (unpaired) electrons. The summed E-state index contributed by atoms with van der Waals surface area (Å²) in [5, 5.41) is 3.34. The van der Waals surface area contributed by atoms with E-state index in [2.05, 4.69) is 45.4 Å². The minimum absolute atomic E-state index is 0.243. The third kappa shape index (κ3) is 4.13. The van der Waals surface area contributed by atoms with Crippen molar-refractivity contribution in [3.63, 3.8) is 0 Å². The molecule has 4 bridgehead atoms. The van der Waals surface area contributed by atoms with Crippen molar-refractivity contribution in [1.29, 1.82) is 0 Å². The van der Waals surface area contributed by atoms with E-state index in [-0.39, 0.29) is 5.91 Å². The van der Waals surface area contributed by atoms with Gasteiger partial charge in [0.1, 0.15) is 0 Å². The van der Waals surface area contributed by atoms with Crippen LogP contribution in [-0.2, 0) is 11.3 Å². The van der Waals surface area contributed by atoms with Crippen LogP contribution in [0.2, 0.25) is 0 Å². The number of amides is 1. The number of carbonyl (C=O) groups excluding carboxylic acids is 1. The van der Waals surface area contributed by atoms with Crippen LogP contribution < -0.4 is 5.32 Å². The number of nitrogens with zero attached hydrogens (tertiary/aromatic N) is 2. The summed E-state index contributed by atoms with van der Waals surface area (Å²) in [4.78, 5) is 17.4. The van der Waals surface area contributed by atoms with E-state index in [4.69, 9.17) is 0 Å². The predicted molar refractivity (Wildman–Crippen MR) is 112 cm³/mol. The summed E-state index contributed by atoms with van der Waals surface area (Å²) < 4.78 is 0. The lowest BCUT2D eigenvalue weighted by molar-refractivity contribution is -0.124. The highest BCUT2D eigenvalue weighted by molar-refractivity contribution is 5.78. The van der Waals surface area contributed by atoms with Crippen molar-refractivity contribution in [2.75, 3.05) is 39.3 Å². The zero-order valence-electron chi connectivity index (χ0n) is 17.1. The van der Waals surface area contributed by atoms with Crippen molar-refractivity contribution in [1.82, 2.24) is 15.1 Å². The quantitative estimate of drug-likeness (QED) is 0.822. The molecular formula is C24H35N3O. The van der Waals surface area contributed by atoms with Gasteiger partial charge in [-0.15, -0.1) is 0 Å². The largest absolute Gasteiger partial charge is 0.354 e. The second-order valence-corrected chi connectivity index (χ2v) is 10.2. The summed E-state index contributed by atoms with van der Waals surface area (Å²) in [5.41, 5.74) is 1.82. The third-order valence-corrected chi connectivity index (χ3v) is 7.91. The Morgan fingerprint density at radius 1 is 0.893 bits per heavy atom. The van der Waals surface area contributed by atoms with E-state index in [1.165, 1.54) is 44.1 Å². The van der Waals surface area contributed by atoms with E-state index in [0.717, 1.165) is 57.0 Å². The molecule has 4 saturated carbocycles. The van der Waals surface area contributed by atoms with Gasteiger partial charge in [0.05, 0.1) is 6.54 Å². The van der Waals surface area contributed by atoms with Crippen LogP contribution in [0.4, 0.5) is 0 Å². The molecule has 4 nitrogen and oxygen atoms in total. The first kappa shape index (κ1) is 18.6. The molecule has 0 atom stereocenters. The number of carbonyl (C=O) groups is 1. The normalized spacial score (nSPS) is 35.2. The van der Waals surface area contributed by atoms with Gasteiger partial charge in [0.15, 0.2) is 0 Å². The zero-order valence-corrected chi connectivity index (χ0v) is 17.1. The topological polar surface area (TPSA) is 35.6 Å². The average molecular weight is 382 g/mol. The second kappa shape index (κ2) is 7.79. The average Bonchev–Trinajstić information content (AvgIpc) is 2.68. The van der Waals surface area contributed by atoms with Crippen molar-refractivity contribution in [2.45, 2.75) is 45.1 Å². The van der Waals surface area contributed by atoms with Gasteiger partial charge in [-0.1, -0.05) is 30.3 Å². The summed E-state index contributed by atoms with van der Waals surface area (Å²) in [6, 6.07) is 10.7. The Bertz CT molecular complexity index is 645. The lowest BCUT2D eigenvalue weighted by Gasteiger charge is -2.57. The van der Waals surface area contributed by atoms with Gasteiger partial charge in [-0.3, -0.25) is 14.6 Å². The fourth-order valence-electron chi connectivity index (χ4n) is 7.00. The Kier molecular flexibility index (Phi) is 5.18. The summed E-state index contributed by atoms with van der Waals surface area (Å²) in [6.45, 7) is 6.63. The molecule has 5 fully saturated rings. The standard InChI is InChI=1S/C24H35N3O/c28-23(25-18-24-13-20-10-21(14-24)12-22(11-20)15-24)17-27-8-6-26(7-9-27)16-19-4-2-1-3-5-19/h1-5,20-22H,6-18H2,(H,25,28). The van der Waals surface area contributed by atoms with Crippen LogP contribution in [-0.4, -0.2) is 55.0 Å². The van der Waals surface area contributed by atoms with Gasteiger partial charge in [0.25, 0.3) is 0 Å². The number of rotatable bonds is 6. The number of hydrogen-bond donors (Lipinski definition) is 1. The molecule has 5 aliphatic rings. The maximum Gasteiger partial charge on any atom is 0.234 e. The zero-order chi connectivity index (χ0) is 19.0. The second-order valence-electron chi connectivity index (χ2n) is 10.2. The van der Waals surface area contributed by atoms with Crippen LogP contribution in [0.5, 0.6) is 0 Å². The van der Waals surface area contributed by atoms with E-state index in [0.29, 0.717) is 12.0 Å². The molecule has 1 aliphatic heterocycles. The van der Waals surface area contributed by atoms with E-state index < -0.39 is 0 Å². The third-order valence-electron chi connectivity index (χ3n) is 7.91. The summed E-state index contributed by atoms with van der Waals surface area (Å²) in [6.07, 6.45) is 8.54. The van der Waals surface area contributed by atoms with Crippen LogP contribution in [0.25, 0.3) is 0 Å². The highest BCUT2D eigenvalue weighted by Gasteiger charge is 2.50. The van der Waals surface area contributed by atoms with Gasteiger partial charge in [0.2, 0.25) is 5.91 Å². The smallest absolute Gasteiger partial charge is 0.234 e. The SMILES string of the molecule is O=C(CN1CCN(Cc2ccccc2)CC1)NCC12CC3CC(CC(C3)C1)C2. The summed E-state index contributed by atoms with van der Waals surface area (Å²) in [7, 11) is 0. The van der Waals surface area contributed by atoms with E-state index in [9.17, 15) is 4.79 Å². The van der Waals surface area contributed by atoms with Gasteiger partial charge in [-0.05, 0) is 67.3 Å². The Hall–Kier alpha value is -1.39. The molecular weight excluding hydrogens is 346 g/mol. The summed E-state index contributed by atoms with van der Waals surface area (Å²) >= 11 is 0. The molecule has 1 N–H and O–H groups in total. The lowest BCUT2D eigenvalue weighted by Crippen LogP contribution is -2.53. The molecule has 1 heterocycles. The maximum absolute atomic E-state index is 12.6. The fourth-order valence-corrected chi connectivity index (χ4v) is 7.00. The van der Waals surface area contributed by atoms with Crippen LogP contribution in [0, 0.1) is 23.2 Å². The highest BCUT2D eigenvalue weighted by Crippen LogP contribution is 2.59. The van der Waals surface area contributed by atoms with Crippen LogP contribution >= 0.6 is 0 Å². The molecule has 6 rings (SSSR count). The lowest BCUT2D eigenvalue weighted by atomic mass is 9.49. The molecule has 1 aromatic carbocycles.